The van der Waals surface area contributed by atoms with E-state index in [2.05, 4.69) is 9.97 Å². The average molecular weight is 485 g/mol. The number of carbonyl (C=O) groups excluding carboxylic acids is 2. The van der Waals surface area contributed by atoms with Crippen molar-refractivity contribution < 1.29 is 28.9 Å². The number of H-pyrrole nitrogens is 1. The molecule has 0 saturated carbocycles. The molecule has 0 aliphatic carbocycles. The van der Waals surface area contributed by atoms with E-state index in [1.807, 2.05) is 0 Å². The smallest absolute Gasteiger partial charge is 0.302 e. The molecule has 0 bridgehead atoms. The first-order valence-corrected chi connectivity index (χ1v) is 11.1. The molecule has 9 heteroatoms. The Kier molecular flexibility index (Phi) is 5.81. The van der Waals surface area contributed by atoms with Crippen LogP contribution in [0.3, 0.4) is 0 Å². The maximum atomic E-state index is 13.4. The van der Waals surface area contributed by atoms with Crippen molar-refractivity contribution >= 4 is 34.4 Å². The summed E-state index contributed by atoms with van der Waals surface area (Å²) in [5.41, 5.74) is 2.11. The van der Waals surface area contributed by atoms with Gasteiger partial charge in [0.05, 0.1) is 44.0 Å². The number of amides is 1. The van der Waals surface area contributed by atoms with Gasteiger partial charge in [-0.15, -0.1) is 0 Å². The van der Waals surface area contributed by atoms with E-state index in [9.17, 15) is 14.7 Å². The van der Waals surface area contributed by atoms with E-state index in [4.69, 9.17) is 14.2 Å². The number of fused-ring (bicyclic) bond motifs is 1. The largest absolute Gasteiger partial charge is 0.507 e. The molecule has 3 aromatic carbocycles. The van der Waals surface area contributed by atoms with Gasteiger partial charge in [-0.2, -0.15) is 0 Å². The number of aromatic nitrogens is 2. The van der Waals surface area contributed by atoms with E-state index in [0.29, 0.717) is 39.4 Å². The number of hydrogen-bond acceptors (Lipinski definition) is 7. The highest BCUT2D eigenvalue weighted by atomic mass is 16.5. The van der Waals surface area contributed by atoms with Crippen LogP contribution in [0.2, 0.25) is 0 Å². The summed E-state index contributed by atoms with van der Waals surface area (Å²) < 4.78 is 15.8. The topological polar surface area (TPSA) is 114 Å². The van der Waals surface area contributed by atoms with Crippen molar-refractivity contribution in [3.8, 4) is 17.2 Å². The zero-order chi connectivity index (χ0) is 25.4. The van der Waals surface area contributed by atoms with Gasteiger partial charge in [0.15, 0.2) is 0 Å². The van der Waals surface area contributed by atoms with Gasteiger partial charge in [0.2, 0.25) is 5.95 Å². The van der Waals surface area contributed by atoms with Crippen molar-refractivity contribution in [1.82, 2.24) is 9.97 Å². The molecule has 9 nitrogen and oxygen atoms in total. The van der Waals surface area contributed by atoms with Crippen LogP contribution >= 0.6 is 0 Å². The number of nitrogens with zero attached hydrogens (tertiary/aromatic N) is 2. The number of imidazole rings is 1. The SMILES string of the molecule is COc1ccc(C2/C(=C(\O)c3cccc(OC)c3)C(=O)C(=O)N2c2nc3ccc(OC)cc3[nH]2)cc1. The number of ketones is 1. The van der Waals surface area contributed by atoms with Gasteiger partial charge in [-0.1, -0.05) is 24.3 Å². The van der Waals surface area contributed by atoms with Crippen LogP contribution in [0.4, 0.5) is 5.95 Å². The van der Waals surface area contributed by atoms with Crippen molar-refractivity contribution in [1.29, 1.82) is 0 Å². The minimum atomic E-state index is -0.940. The first-order chi connectivity index (χ1) is 17.4. The van der Waals surface area contributed by atoms with E-state index < -0.39 is 17.7 Å². The molecule has 1 aliphatic rings. The molecule has 4 aromatic rings. The highest BCUT2D eigenvalue weighted by Crippen LogP contribution is 2.42. The Morgan fingerprint density at radius 1 is 0.889 bits per heavy atom. The van der Waals surface area contributed by atoms with Crippen molar-refractivity contribution in [3.63, 3.8) is 0 Å². The fourth-order valence-corrected chi connectivity index (χ4v) is 4.29. The Labute approximate surface area is 206 Å². The summed E-state index contributed by atoms with van der Waals surface area (Å²) in [6, 6.07) is 17.9. The van der Waals surface area contributed by atoms with E-state index in [1.54, 1.807) is 80.9 Å². The van der Waals surface area contributed by atoms with Gasteiger partial charge in [0.1, 0.15) is 23.0 Å². The van der Waals surface area contributed by atoms with Crippen LogP contribution < -0.4 is 19.1 Å². The summed E-state index contributed by atoms with van der Waals surface area (Å²) in [7, 11) is 4.61. The number of anilines is 1. The van der Waals surface area contributed by atoms with Crippen molar-refractivity contribution in [2.75, 3.05) is 26.2 Å². The van der Waals surface area contributed by atoms with Gasteiger partial charge in [0, 0.05) is 11.6 Å². The molecule has 1 aliphatic heterocycles. The van der Waals surface area contributed by atoms with Gasteiger partial charge >= 0.3 is 5.91 Å². The highest BCUT2D eigenvalue weighted by molar-refractivity contribution is 6.51. The third-order valence-electron chi connectivity index (χ3n) is 6.12. The number of rotatable bonds is 6. The Bertz CT molecular complexity index is 1510. The molecule has 182 valence electrons. The number of Topliss-reactive ketones (excluding diaryl/α,β-unsaturated/α-hetero) is 1. The van der Waals surface area contributed by atoms with Gasteiger partial charge < -0.3 is 24.3 Å². The average Bonchev–Trinajstić information content (AvgIpc) is 3.45. The van der Waals surface area contributed by atoms with E-state index >= 15 is 0 Å². The number of aromatic amines is 1. The molecule has 0 spiro atoms. The number of methoxy groups -OCH3 is 3. The van der Waals surface area contributed by atoms with Gasteiger partial charge in [-0.3, -0.25) is 14.5 Å². The fourth-order valence-electron chi connectivity index (χ4n) is 4.29. The lowest BCUT2D eigenvalue weighted by Gasteiger charge is -2.23. The predicted octanol–water partition coefficient (Wildman–Crippen LogP) is 4.22. The molecular formula is C27H23N3O6. The van der Waals surface area contributed by atoms with Crippen LogP contribution in [0.15, 0.2) is 72.3 Å². The number of benzene rings is 3. The third kappa shape index (κ3) is 3.80. The number of aliphatic hydroxyl groups excluding tert-OH is 1. The quantitative estimate of drug-likeness (QED) is 0.239. The van der Waals surface area contributed by atoms with Crippen molar-refractivity contribution in [2.24, 2.45) is 0 Å². The molecule has 1 aromatic heterocycles. The Hall–Kier alpha value is -4.79. The molecule has 2 N–H and O–H groups in total. The Balaban J connectivity index is 1.71. The zero-order valence-corrected chi connectivity index (χ0v) is 19.8. The van der Waals surface area contributed by atoms with Crippen LogP contribution in [0.25, 0.3) is 16.8 Å². The number of hydrogen-bond donors (Lipinski definition) is 2. The maximum absolute atomic E-state index is 13.4. The first-order valence-electron chi connectivity index (χ1n) is 11.1. The minimum Gasteiger partial charge on any atom is -0.507 e. The molecule has 5 rings (SSSR count). The maximum Gasteiger partial charge on any atom is 0.302 e. The number of ether oxygens (including phenoxy) is 3. The molecule has 1 atom stereocenters. The number of nitrogens with one attached hydrogen (secondary N) is 1. The molecule has 1 fully saturated rings. The highest BCUT2D eigenvalue weighted by Gasteiger charge is 2.48. The fraction of sp³-hybridized carbons (Fsp3) is 0.148. The molecule has 1 amide bonds. The summed E-state index contributed by atoms with van der Waals surface area (Å²) in [5, 5.41) is 11.3. The molecule has 36 heavy (non-hydrogen) atoms. The Morgan fingerprint density at radius 2 is 1.56 bits per heavy atom. The van der Waals surface area contributed by atoms with E-state index in [1.165, 1.54) is 12.0 Å². The second-order valence-corrected chi connectivity index (χ2v) is 8.12. The van der Waals surface area contributed by atoms with Crippen LogP contribution in [-0.4, -0.2) is 48.1 Å². The Morgan fingerprint density at radius 3 is 2.25 bits per heavy atom. The summed E-state index contributed by atoms with van der Waals surface area (Å²) >= 11 is 0. The second kappa shape index (κ2) is 9.10. The minimum absolute atomic E-state index is 0.0588. The zero-order valence-electron chi connectivity index (χ0n) is 19.8. The first kappa shape index (κ1) is 23.0. The summed E-state index contributed by atoms with van der Waals surface area (Å²) in [4.78, 5) is 35.7. The lowest BCUT2D eigenvalue weighted by Crippen LogP contribution is -2.30. The molecule has 2 heterocycles. The van der Waals surface area contributed by atoms with Crippen LogP contribution in [0.1, 0.15) is 17.2 Å². The normalized spacial score (nSPS) is 17.0. The third-order valence-corrected chi connectivity index (χ3v) is 6.12. The lowest BCUT2D eigenvalue weighted by molar-refractivity contribution is -0.132. The standard InChI is InChI=1S/C27H23N3O6/c1-34-17-9-7-15(8-10-17)23-22(24(31)16-5-4-6-18(13-16)35-2)25(32)26(33)30(23)27-28-20-12-11-19(36-3)14-21(20)29-27/h4-14,23,31H,1-3H3,(H,28,29)/b24-22+. The second-order valence-electron chi connectivity index (χ2n) is 8.12. The van der Waals surface area contributed by atoms with Crippen LogP contribution in [0.5, 0.6) is 17.2 Å². The molecule has 1 saturated heterocycles. The molecule has 1 unspecified atom stereocenters. The monoisotopic (exact) mass is 485 g/mol. The summed E-state index contributed by atoms with van der Waals surface area (Å²) in [5.74, 6) is -0.0519. The van der Waals surface area contributed by atoms with Crippen molar-refractivity contribution in [2.45, 2.75) is 6.04 Å². The van der Waals surface area contributed by atoms with Crippen LogP contribution in [0, 0.1) is 0 Å². The van der Waals surface area contributed by atoms with Gasteiger partial charge in [-0.05, 0) is 42.0 Å². The van der Waals surface area contributed by atoms with Gasteiger partial charge in [0.25, 0.3) is 5.78 Å². The summed E-state index contributed by atoms with van der Waals surface area (Å²) in [6.45, 7) is 0. The molecule has 0 radical (unpaired) electrons. The van der Waals surface area contributed by atoms with Crippen molar-refractivity contribution in [3.05, 3.63) is 83.4 Å². The van der Waals surface area contributed by atoms with Gasteiger partial charge in [-0.25, -0.2) is 4.98 Å². The molecular weight excluding hydrogens is 462 g/mol. The number of aliphatic hydroxyl groups is 1. The van der Waals surface area contributed by atoms with E-state index in [0.717, 1.165) is 0 Å². The summed E-state index contributed by atoms with van der Waals surface area (Å²) in [6.07, 6.45) is 0. The lowest BCUT2D eigenvalue weighted by atomic mass is 9.95. The number of carbonyl (C=O) groups is 2. The predicted molar refractivity (Wildman–Crippen MR) is 133 cm³/mol. The van der Waals surface area contributed by atoms with Crippen LogP contribution in [-0.2, 0) is 9.59 Å². The van der Waals surface area contributed by atoms with E-state index in [-0.39, 0.29) is 17.3 Å².